The van der Waals surface area contributed by atoms with Gasteiger partial charge in [0.2, 0.25) is 0 Å². The van der Waals surface area contributed by atoms with Crippen LogP contribution >= 0.6 is 0 Å². The topological polar surface area (TPSA) is 63.8 Å². The maximum Gasteiger partial charge on any atom is 0.129 e. The first kappa shape index (κ1) is 11.9. The third kappa shape index (κ3) is 4.74. The largest absolute Gasteiger partial charge is 0.369 e. The fraction of sp³-hybridized carbons (Fsp3) is 0.636. The Morgan fingerprint density at radius 3 is 2.67 bits per heavy atom. The molecule has 1 aromatic rings. The van der Waals surface area contributed by atoms with Crippen LogP contribution in [0.4, 0.5) is 5.82 Å². The highest BCUT2D eigenvalue weighted by molar-refractivity contribution is 5.34. The third-order valence-electron chi connectivity index (χ3n) is 1.89. The maximum absolute atomic E-state index is 5.41. The second-order valence-electron chi connectivity index (χ2n) is 4.85. The lowest BCUT2D eigenvalue weighted by atomic mass is 9.90. The summed E-state index contributed by atoms with van der Waals surface area (Å²) in [7, 11) is 0. The van der Waals surface area contributed by atoms with E-state index in [2.05, 4.69) is 36.1 Å². The summed E-state index contributed by atoms with van der Waals surface area (Å²) in [4.78, 5) is 8.38. The summed E-state index contributed by atoms with van der Waals surface area (Å²) in [6, 6.07) is 1.99. The third-order valence-corrected chi connectivity index (χ3v) is 1.89. The van der Waals surface area contributed by atoms with Crippen LogP contribution in [0.1, 0.15) is 26.5 Å². The van der Waals surface area contributed by atoms with Gasteiger partial charge in [-0.25, -0.2) is 9.97 Å². The Bertz CT molecular complexity index is 304. The molecule has 0 aliphatic carbocycles. The van der Waals surface area contributed by atoms with Crippen molar-refractivity contribution in [3.05, 3.63) is 18.1 Å². The highest BCUT2D eigenvalue weighted by Gasteiger charge is 2.12. The molecule has 0 amide bonds. The molecule has 1 heterocycles. The lowest BCUT2D eigenvalue weighted by Gasteiger charge is -2.17. The average Bonchev–Trinajstić information content (AvgIpc) is 2.12. The number of aromatic nitrogens is 2. The van der Waals surface area contributed by atoms with E-state index in [1.165, 1.54) is 0 Å². The number of nitrogens with one attached hydrogen (secondary N) is 1. The van der Waals surface area contributed by atoms with Crippen molar-refractivity contribution in [3.63, 3.8) is 0 Å². The van der Waals surface area contributed by atoms with Crippen molar-refractivity contribution in [1.29, 1.82) is 0 Å². The van der Waals surface area contributed by atoms with Crippen LogP contribution in [-0.2, 0) is 6.42 Å². The Balaban J connectivity index is 2.66. The minimum atomic E-state index is 0.249. The monoisotopic (exact) mass is 208 g/mol. The van der Waals surface area contributed by atoms with Gasteiger partial charge in [0.1, 0.15) is 12.1 Å². The number of hydrogen-bond donors (Lipinski definition) is 2. The van der Waals surface area contributed by atoms with Gasteiger partial charge in [-0.1, -0.05) is 20.8 Å². The van der Waals surface area contributed by atoms with E-state index in [1.807, 2.05) is 6.07 Å². The first-order valence-corrected chi connectivity index (χ1v) is 5.26. The molecule has 0 unspecified atom stereocenters. The first-order chi connectivity index (χ1) is 7.01. The van der Waals surface area contributed by atoms with Gasteiger partial charge >= 0.3 is 0 Å². The predicted octanol–water partition coefficient (Wildman–Crippen LogP) is 1.44. The van der Waals surface area contributed by atoms with Crippen molar-refractivity contribution in [2.24, 2.45) is 11.1 Å². The SMILES string of the molecule is CC(C)(C)Cc1cc(NCCN)ncn1. The molecule has 0 bridgehead atoms. The zero-order chi connectivity index (χ0) is 11.3. The van der Waals surface area contributed by atoms with E-state index in [9.17, 15) is 0 Å². The minimum absolute atomic E-state index is 0.249. The van der Waals surface area contributed by atoms with Crippen LogP contribution in [0, 0.1) is 5.41 Å². The van der Waals surface area contributed by atoms with Crippen LogP contribution in [0.15, 0.2) is 12.4 Å². The van der Waals surface area contributed by atoms with Crippen molar-refractivity contribution in [1.82, 2.24) is 9.97 Å². The van der Waals surface area contributed by atoms with Crippen molar-refractivity contribution in [2.75, 3.05) is 18.4 Å². The molecule has 84 valence electrons. The fourth-order valence-corrected chi connectivity index (χ4v) is 1.33. The molecule has 0 spiro atoms. The Kier molecular flexibility index (Phi) is 4.03. The Morgan fingerprint density at radius 2 is 2.07 bits per heavy atom. The van der Waals surface area contributed by atoms with Crippen LogP contribution in [0.5, 0.6) is 0 Å². The quantitative estimate of drug-likeness (QED) is 0.785. The molecule has 4 nitrogen and oxygen atoms in total. The molecule has 0 atom stereocenters. The van der Waals surface area contributed by atoms with Crippen molar-refractivity contribution >= 4 is 5.82 Å². The summed E-state index contributed by atoms with van der Waals surface area (Å²) in [5, 5.41) is 3.14. The van der Waals surface area contributed by atoms with E-state index in [4.69, 9.17) is 5.73 Å². The second-order valence-corrected chi connectivity index (χ2v) is 4.85. The van der Waals surface area contributed by atoms with Gasteiger partial charge in [-0.05, 0) is 11.8 Å². The number of rotatable bonds is 4. The van der Waals surface area contributed by atoms with Crippen LogP contribution in [0.3, 0.4) is 0 Å². The minimum Gasteiger partial charge on any atom is -0.369 e. The Morgan fingerprint density at radius 1 is 1.33 bits per heavy atom. The van der Waals surface area contributed by atoms with Crippen LogP contribution in [0.25, 0.3) is 0 Å². The van der Waals surface area contributed by atoms with Gasteiger partial charge in [-0.2, -0.15) is 0 Å². The molecule has 15 heavy (non-hydrogen) atoms. The molecule has 0 aliphatic heterocycles. The summed E-state index contributed by atoms with van der Waals surface area (Å²) in [5.74, 6) is 0.856. The van der Waals surface area contributed by atoms with Crippen molar-refractivity contribution in [3.8, 4) is 0 Å². The molecular formula is C11H20N4. The van der Waals surface area contributed by atoms with E-state index < -0.39 is 0 Å². The average molecular weight is 208 g/mol. The predicted molar refractivity (Wildman–Crippen MR) is 62.7 cm³/mol. The molecule has 0 saturated carbocycles. The van der Waals surface area contributed by atoms with Gasteiger partial charge in [0.15, 0.2) is 0 Å². The Labute approximate surface area is 91.3 Å². The molecule has 3 N–H and O–H groups in total. The second kappa shape index (κ2) is 5.07. The van der Waals surface area contributed by atoms with E-state index in [0.717, 1.165) is 24.5 Å². The van der Waals surface area contributed by atoms with Gasteiger partial charge in [0.05, 0.1) is 0 Å². The zero-order valence-corrected chi connectivity index (χ0v) is 9.75. The van der Waals surface area contributed by atoms with Gasteiger partial charge in [0, 0.05) is 24.8 Å². The summed E-state index contributed by atoms with van der Waals surface area (Å²) in [5.41, 5.74) is 6.73. The van der Waals surface area contributed by atoms with E-state index in [-0.39, 0.29) is 5.41 Å². The van der Waals surface area contributed by atoms with Crippen molar-refractivity contribution < 1.29 is 0 Å². The van der Waals surface area contributed by atoms with E-state index >= 15 is 0 Å². The lowest BCUT2D eigenvalue weighted by molar-refractivity contribution is 0.406. The van der Waals surface area contributed by atoms with Gasteiger partial charge < -0.3 is 11.1 Å². The maximum atomic E-state index is 5.41. The van der Waals surface area contributed by atoms with Gasteiger partial charge in [0.25, 0.3) is 0 Å². The molecule has 1 aromatic heterocycles. The molecule has 0 fully saturated rings. The number of nitrogens with two attached hydrogens (primary N) is 1. The molecule has 0 aromatic carbocycles. The molecular weight excluding hydrogens is 188 g/mol. The van der Waals surface area contributed by atoms with E-state index in [0.29, 0.717) is 6.54 Å². The Hall–Kier alpha value is -1.16. The molecule has 1 rings (SSSR count). The summed E-state index contributed by atoms with van der Waals surface area (Å²) in [6.45, 7) is 7.94. The van der Waals surface area contributed by atoms with Gasteiger partial charge in [-0.3, -0.25) is 0 Å². The molecule has 4 heteroatoms. The standard InChI is InChI=1S/C11H20N4/c1-11(2,3)7-9-6-10(13-5-4-12)15-8-14-9/h6,8H,4-5,7,12H2,1-3H3,(H,13,14,15). The number of anilines is 1. The summed E-state index contributed by atoms with van der Waals surface area (Å²) < 4.78 is 0. The normalized spacial score (nSPS) is 11.5. The number of hydrogen-bond acceptors (Lipinski definition) is 4. The highest BCUT2D eigenvalue weighted by atomic mass is 15.0. The highest BCUT2D eigenvalue weighted by Crippen LogP contribution is 2.19. The smallest absolute Gasteiger partial charge is 0.129 e. The lowest BCUT2D eigenvalue weighted by Crippen LogP contribution is -2.15. The van der Waals surface area contributed by atoms with Crippen LogP contribution in [0.2, 0.25) is 0 Å². The van der Waals surface area contributed by atoms with Crippen LogP contribution in [-0.4, -0.2) is 23.1 Å². The summed E-state index contributed by atoms with van der Waals surface area (Å²) in [6.07, 6.45) is 2.55. The first-order valence-electron chi connectivity index (χ1n) is 5.26. The molecule has 0 saturated heterocycles. The van der Waals surface area contributed by atoms with E-state index in [1.54, 1.807) is 6.33 Å². The zero-order valence-electron chi connectivity index (χ0n) is 9.75. The number of nitrogens with zero attached hydrogens (tertiary/aromatic N) is 2. The van der Waals surface area contributed by atoms with Gasteiger partial charge in [-0.15, -0.1) is 0 Å². The molecule has 0 radical (unpaired) electrons. The van der Waals surface area contributed by atoms with Crippen molar-refractivity contribution in [2.45, 2.75) is 27.2 Å². The summed E-state index contributed by atoms with van der Waals surface area (Å²) >= 11 is 0. The fourth-order valence-electron chi connectivity index (χ4n) is 1.33. The van der Waals surface area contributed by atoms with Crippen LogP contribution < -0.4 is 11.1 Å². The molecule has 0 aliphatic rings.